The van der Waals surface area contributed by atoms with Crippen molar-refractivity contribution in [1.82, 2.24) is 9.97 Å². The fourth-order valence-electron chi connectivity index (χ4n) is 2.05. The highest BCUT2D eigenvalue weighted by atomic mass is 16.5. The van der Waals surface area contributed by atoms with Crippen molar-refractivity contribution in [3.05, 3.63) is 72.7 Å². The van der Waals surface area contributed by atoms with E-state index in [0.717, 1.165) is 0 Å². The topological polar surface area (TPSA) is 88.8 Å². The molecule has 0 aliphatic rings. The maximum Gasteiger partial charge on any atom is 0.274 e. The predicted octanol–water partition coefficient (Wildman–Crippen LogP) is 4.15. The number of pyridine rings is 2. The molecular formula is C18H15N5O2. The van der Waals surface area contributed by atoms with E-state index in [4.69, 9.17) is 4.74 Å². The second-order valence-electron chi connectivity index (χ2n) is 4.94. The van der Waals surface area contributed by atoms with Gasteiger partial charge in [0.05, 0.1) is 18.5 Å². The summed E-state index contributed by atoms with van der Waals surface area (Å²) in [6, 6.07) is 15.6. The molecule has 7 nitrogen and oxygen atoms in total. The van der Waals surface area contributed by atoms with Gasteiger partial charge in [-0.1, -0.05) is 12.1 Å². The van der Waals surface area contributed by atoms with E-state index in [1.165, 1.54) is 7.11 Å². The van der Waals surface area contributed by atoms with Gasteiger partial charge in [-0.15, -0.1) is 10.2 Å². The molecule has 0 bridgehead atoms. The van der Waals surface area contributed by atoms with Gasteiger partial charge in [0.1, 0.15) is 11.4 Å². The Kier molecular flexibility index (Phi) is 5.06. The van der Waals surface area contributed by atoms with Crippen LogP contribution >= 0.6 is 0 Å². The number of nitrogens with one attached hydrogen (secondary N) is 1. The molecule has 1 amide bonds. The van der Waals surface area contributed by atoms with Gasteiger partial charge in [0, 0.05) is 18.5 Å². The van der Waals surface area contributed by atoms with E-state index in [2.05, 4.69) is 25.5 Å². The number of benzene rings is 1. The SMILES string of the molecule is COc1cc(N=Nc2ccccn2)ccc1NC(=O)c1ccccn1. The number of hydrogen-bond donors (Lipinski definition) is 1. The number of azo groups is 1. The van der Waals surface area contributed by atoms with Gasteiger partial charge < -0.3 is 10.1 Å². The van der Waals surface area contributed by atoms with Gasteiger partial charge in [-0.3, -0.25) is 9.78 Å². The molecule has 0 radical (unpaired) electrons. The van der Waals surface area contributed by atoms with Crippen LogP contribution in [0.4, 0.5) is 17.2 Å². The summed E-state index contributed by atoms with van der Waals surface area (Å²) in [5, 5.41) is 10.9. The van der Waals surface area contributed by atoms with Crippen molar-refractivity contribution in [3.63, 3.8) is 0 Å². The molecule has 25 heavy (non-hydrogen) atoms. The van der Waals surface area contributed by atoms with Crippen molar-refractivity contribution in [2.75, 3.05) is 12.4 Å². The number of carbonyl (C=O) groups excluding carboxylic acids is 1. The minimum atomic E-state index is -0.318. The quantitative estimate of drug-likeness (QED) is 0.710. The zero-order chi connectivity index (χ0) is 17.5. The molecule has 0 unspecified atom stereocenters. The molecule has 0 saturated carbocycles. The second kappa shape index (κ2) is 7.78. The van der Waals surface area contributed by atoms with E-state index in [1.54, 1.807) is 60.9 Å². The average Bonchev–Trinajstić information content (AvgIpc) is 2.68. The van der Waals surface area contributed by atoms with Gasteiger partial charge in [0.2, 0.25) is 0 Å². The predicted molar refractivity (Wildman–Crippen MR) is 93.6 cm³/mol. The smallest absolute Gasteiger partial charge is 0.274 e. The summed E-state index contributed by atoms with van der Waals surface area (Å²) in [6.07, 6.45) is 3.21. The van der Waals surface area contributed by atoms with E-state index in [0.29, 0.717) is 28.6 Å². The van der Waals surface area contributed by atoms with Crippen LogP contribution in [0.1, 0.15) is 10.5 Å². The van der Waals surface area contributed by atoms with E-state index in [1.807, 2.05) is 6.07 Å². The molecule has 0 atom stereocenters. The molecule has 0 fully saturated rings. The average molecular weight is 333 g/mol. The maximum atomic E-state index is 12.2. The Morgan fingerprint density at radius 2 is 1.80 bits per heavy atom. The van der Waals surface area contributed by atoms with Gasteiger partial charge in [-0.05, 0) is 36.4 Å². The standard InChI is InChI=1S/C18H15N5O2/c1-25-16-12-13(22-23-17-7-3-5-11-20-17)8-9-14(16)21-18(24)15-6-2-4-10-19-15/h2-12H,1H3,(H,21,24). The first kappa shape index (κ1) is 16.3. The molecule has 3 rings (SSSR count). The Morgan fingerprint density at radius 1 is 1.00 bits per heavy atom. The highest BCUT2D eigenvalue weighted by Gasteiger charge is 2.11. The van der Waals surface area contributed by atoms with Crippen LogP contribution in [0.3, 0.4) is 0 Å². The van der Waals surface area contributed by atoms with E-state index < -0.39 is 0 Å². The summed E-state index contributed by atoms with van der Waals surface area (Å²) < 4.78 is 5.32. The minimum absolute atomic E-state index is 0.318. The summed E-state index contributed by atoms with van der Waals surface area (Å²) in [4.78, 5) is 20.3. The van der Waals surface area contributed by atoms with Crippen LogP contribution in [-0.4, -0.2) is 23.0 Å². The number of rotatable bonds is 5. The van der Waals surface area contributed by atoms with E-state index in [-0.39, 0.29) is 5.91 Å². The van der Waals surface area contributed by atoms with Crippen molar-refractivity contribution in [2.45, 2.75) is 0 Å². The highest BCUT2D eigenvalue weighted by Crippen LogP contribution is 2.30. The molecule has 7 heteroatoms. The van der Waals surface area contributed by atoms with Crippen molar-refractivity contribution in [3.8, 4) is 5.75 Å². The highest BCUT2D eigenvalue weighted by molar-refractivity contribution is 6.03. The van der Waals surface area contributed by atoms with Gasteiger partial charge in [0.25, 0.3) is 5.91 Å². The van der Waals surface area contributed by atoms with Crippen molar-refractivity contribution < 1.29 is 9.53 Å². The van der Waals surface area contributed by atoms with Crippen LogP contribution in [0.5, 0.6) is 5.75 Å². The molecule has 124 valence electrons. The fourth-order valence-corrected chi connectivity index (χ4v) is 2.05. The summed E-state index contributed by atoms with van der Waals surface area (Å²) in [6.45, 7) is 0. The summed E-state index contributed by atoms with van der Waals surface area (Å²) >= 11 is 0. The van der Waals surface area contributed by atoms with Gasteiger partial charge in [0.15, 0.2) is 5.82 Å². The number of aromatic nitrogens is 2. The molecule has 1 N–H and O–H groups in total. The molecular weight excluding hydrogens is 318 g/mol. The lowest BCUT2D eigenvalue weighted by Crippen LogP contribution is -2.13. The van der Waals surface area contributed by atoms with Gasteiger partial charge >= 0.3 is 0 Å². The van der Waals surface area contributed by atoms with Crippen LogP contribution in [0.2, 0.25) is 0 Å². The van der Waals surface area contributed by atoms with E-state index in [9.17, 15) is 4.79 Å². The summed E-state index contributed by atoms with van der Waals surface area (Å²) in [5.74, 6) is 0.664. The molecule has 1 aromatic carbocycles. The fraction of sp³-hybridized carbons (Fsp3) is 0.0556. The number of ether oxygens (including phenoxy) is 1. The second-order valence-corrected chi connectivity index (χ2v) is 4.94. The van der Waals surface area contributed by atoms with Crippen LogP contribution in [0, 0.1) is 0 Å². The molecule has 2 heterocycles. The Hall–Kier alpha value is -3.61. The van der Waals surface area contributed by atoms with Gasteiger partial charge in [-0.25, -0.2) is 4.98 Å². The Bertz CT molecular complexity index is 882. The number of hydrogen-bond acceptors (Lipinski definition) is 6. The number of nitrogens with zero attached hydrogens (tertiary/aromatic N) is 4. The van der Waals surface area contributed by atoms with Gasteiger partial charge in [-0.2, -0.15) is 0 Å². The number of amides is 1. The lowest BCUT2D eigenvalue weighted by atomic mass is 10.2. The van der Waals surface area contributed by atoms with Crippen molar-refractivity contribution in [2.24, 2.45) is 10.2 Å². The first-order valence-corrected chi connectivity index (χ1v) is 7.49. The number of anilines is 1. The third-order valence-corrected chi connectivity index (χ3v) is 3.25. The number of methoxy groups -OCH3 is 1. The zero-order valence-electron chi connectivity index (χ0n) is 13.5. The Balaban J connectivity index is 1.78. The summed E-state index contributed by atoms with van der Waals surface area (Å²) in [7, 11) is 1.52. The maximum absolute atomic E-state index is 12.2. The Labute approximate surface area is 144 Å². The third kappa shape index (κ3) is 4.23. The lowest BCUT2D eigenvalue weighted by molar-refractivity contribution is 0.102. The largest absolute Gasteiger partial charge is 0.494 e. The minimum Gasteiger partial charge on any atom is -0.494 e. The Morgan fingerprint density at radius 3 is 2.48 bits per heavy atom. The molecule has 0 aliphatic heterocycles. The molecule has 0 spiro atoms. The first-order valence-electron chi connectivity index (χ1n) is 7.49. The zero-order valence-corrected chi connectivity index (χ0v) is 13.5. The molecule has 2 aromatic heterocycles. The van der Waals surface area contributed by atoms with Crippen molar-refractivity contribution >= 4 is 23.1 Å². The lowest BCUT2D eigenvalue weighted by Gasteiger charge is -2.10. The van der Waals surface area contributed by atoms with Crippen molar-refractivity contribution in [1.29, 1.82) is 0 Å². The molecule has 0 saturated heterocycles. The normalized spacial score (nSPS) is 10.6. The van der Waals surface area contributed by atoms with E-state index >= 15 is 0 Å². The third-order valence-electron chi connectivity index (χ3n) is 3.25. The summed E-state index contributed by atoms with van der Waals surface area (Å²) in [5.41, 5.74) is 1.43. The number of carbonyl (C=O) groups is 1. The molecule has 3 aromatic rings. The van der Waals surface area contributed by atoms with Crippen LogP contribution in [-0.2, 0) is 0 Å². The first-order chi connectivity index (χ1) is 12.3. The monoisotopic (exact) mass is 333 g/mol. The van der Waals surface area contributed by atoms with Crippen LogP contribution in [0.25, 0.3) is 0 Å². The molecule has 0 aliphatic carbocycles. The van der Waals surface area contributed by atoms with Crippen LogP contribution < -0.4 is 10.1 Å². The van der Waals surface area contributed by atoms with Crippen LogP contribution in [0.15, 0.2) is 77.2 Å².